The molecule has 1 atom stereocenters. The predicted molar refractivity (Wildman–Crippen MR) is 54.0 cm³/mol. The van der Waals surface area contributed by atoms with Gasteiger partial charge in [-0.25, -0.2) is 4.72 Å². The first-order valence-electron chi connectivity index (χ1n) is 4.46. The largest absolute Gasteiger partial charge is 0.277 e. The van der Waals surface area contributed by atoms with Crippen molar-refractivity contribution in [2.45, 2.75) is 12.5 Å². The molecule has 2 N–H and O–H groups in total. The second kappa shape index (κ2) is 3.68. The molecule has 1 fully saturated rings. The van der Waals surface area contributed by atoms with Gasteiger partial charge >= 0.3 is 0 Å². The maximum absolute atomic E-state index is 11.0. The van der Waals surface area contributed by atoms with Crippen molar-refractivity contribution in [3.63, 3.8) is 0 Å². The molecular weight excluding hydrogens is 200 g/mol. The highest BCUT2D eigenvalue weighted by atomic mass is 32.2. The van der Waals surface area contributed by atoms with Gasteiger partial charge in [0.25, 0.3) is 10.2 Å². The van der Waals surface area contributed by atoms with Crippen LogP contribution in [0.15, 0.2) is 30.3 Å². The fourth-order valence-electron chi connectivity index (χ4n) is 1.53. The van der Waals surface area contributed by atoms with E-state index in [4.69, 9.17) is 0 Å². The third-order valence-electron chi connectivity index (χ3n) is 2.17. The van der Waals surface area contributed by atoms with Crippen molar-refractivity contribution in [2.75, 3.05) is 6.54 Å². The number of hydrogen-bond donors (Lipinski definition) is 2. The minimum absolute atomic E-state index is 0.0256. The van der Waals surface area contributed by atoms with E-state index >= 15 is 0 Å². The van der Waals surface area contributed by atoms with Crippen LogP contribution in [0.4, 0.5) is 0 Å². The van der Waals surface area contributed by atoms with Gasteiger partial charge in [-0.15, -0.1) is 0 Å². The molecular formula is C9H12N2O2S. The van der Waals surface area contributed by atoms with Crippen molar-refractivity contribution in [3.05, 3.63) is 35.9 Å². The Morgan fingerprint density at radius 1 is 1.29 bits per heavy atom. The smallest absolute Gasteiger partial charge is 0.201 e. The molecule has 14 heavy (non-hydrogen) atoms. The zero-order valence-corrected chi connectivity index (χ0v) is 8.42. The summed E-state index contributed by atoms with van der Waals surface area (Å²) in [5.74, 6) is 0. The average molecular weight is 212 g/mol. The number of rotatable bonds is 2. The van der Waals surface area contributed by atoms with Crippen LogP contribution in [0.5, 0.6) is 0 Å². The number of hydrogen-bond acceptors (Lipinski definition) is 2. The summed E-state index contributed by atoms with van der Waals surface area (Å²) in [7, 11) is -3.22. The van der Waals surface area contributed by atoms with E-state index in [0.717, 1.165) is 12.0 Å². The van der Waals surface area contributed by atoms with E-state index in [-0.39, 0.29) is 6.04 Å². The maximum atomic E-state index is 11.0. The van der Waals surface area contributed by atoms with E-state index in [1.54, 1.807) is 0 Å². The molecule has 0 amide bonds. The molecule has 0 radical (unpaired) electrons. The van der Waals surface area contributed by atoms with Gasteiger partial charge in [0, 0.05) is 12.6 Å². The van der Waals surface area contributed by atoms with Gasteiger partial charge in [0.2, 0.25) is 0 Å². The molecule has 5 heteroatoms. The van der Waals surface area contributed by atoms with Crippen LogP contribution in [0.3, 0.4) is 0 Å². The van der Waals surface area contributed by atoms with Crippen molar-refractivity contribution in [1.29, 1.82) is 0 Å². The zero-order valence-electron chi connectivity index (χ0n) is 7.60. The Morgan fingerprint density at radius 2 is 2.00 bits per heavy atom. The third-order valence-corrected chi connectivity index (χ3v) is 3.36. The molecule has 2 rings (SSSR count). The monoisotopic (exact) mass is 212 g/mol. The second-order valence-corrected chi connectivity index (χ2v) is 4.89. The van der Waals surface area contributed by atoms with E-state index in [9.17, 15) is 8.42 Å². The molecule has 1 aliphatic rings. The molecule has 4 nitrogen and oxygen atoms in total. The summed E-state index contributed by atoms with van der Waals surface area (Å²) in [5.41, 5.74) is 1.14. The van der Waals surface area contributed by atoms with Gasteiger partial charge in [-0.2, -0.15) is 13.1 Å². The lowest BCUT2D eigenvalue weighted by Crippen LogP contribution is -2.29. The molecule has 1 aromatic rings. The number of benzene rings is 1. The van der Waals surface area contributed by atoms with Crippen LogP contribution in [0.25, 0.3) is 0 Å². The molecule has 1 aliphatic heterocycles. The van der Waals surface area contributed by atoms with Crippen LogP contribution in [-0.2, 0) is 16.6 Å². The van der Waals surface area contributed by atoms with Gasteiger partial charge in [0.05, 0.1) is 0 Å². The first kappa shape index (κ1) is 9.64. The van der Waals surface area contributed by atoms with E-state index in [1.165, 1.54) is 0 Å². The normalized spacial score (nSPS) is 25.0. The lowest BCUT2D eigenvalue weighted by atomic mass is 10.1. The molecule has 1 aromatic carbocycles. The van der Waals surface area contributed by atoms with Gasteiger partial charge in [0.1, 0.15) is 0 Å². The summed E-state index contributed by atoms with van der Waals surface area (Å²) in [6.07, 6.45) is 0.729. The molecule has 0 spiro atoms. The maximum Gasteiger partial charge on any atom is 0.277 e. The van der Waals surface area contributed by atoms with E-state index in [0.29, 0.717) is 6.54 Å². The molecule has 0 aromatic heterocycles. The fourth-order valence-corrected chi connectivity index (χ4v) is 2.63. The molecule has 1 unspecified atom stereocenters. The summed E-state index contributed by atoms with van der Waals surface area (Å²) in [5, 5.41) is 0. The van der Waals surface area contributed by atoms with Crippen LogP contribution in [-0.4, -0.2) is 21.0 Å². The van der Waals surface area contributed by atoms with E-state index < -0.39 is 10.2 Å². The fraction of sp³-hybridized carbons (Fsp3) is 0.333. The minimum atomic E-state index is -3.22. The van der Waals surface area contributed by atoms with Crippen molar-refractivity contribution < 1.29 is 8.42 Å². The summed E-state index contributed by atoms with van der Waals surface area (Å²) in [6, 6.07) is 9.81. The molecule has 0 aliphatic carbocycles. The molecule has 0 bridgehead atoms. The van der Waals surface area contributed by atoms with Gasteiger partial charge in [-0.3, -0.25) is 0 Å². The van der Waals surface area contributed by atoms with Gasteiger partial charge in [-0.05, 0) is 12.0 Å². The molecule has 76 valence electrons. The highest BCUT2D eigenvalue weighted by molar-refractivity contribution is 7.87. The Kier molecular flexibility index (Phi) is 2.54. The first-order chi connectivity index (χ1) is 6.66. The van der Waals surface area contributed by atoms with Crippen molar-refractivity contribution >= 4 is 10.2 Å². The van der Waals surface area contributed by atoms with Crippen molar-refractivity contribution in [2.24, 2.45) is 0 Å². The van der Waals surface area contributed by atoms with Crippen molar-refractivity contribution in [3.8, 4) is 0 Å². The topological polar surface area (TPSA) is 58.2 Å². The quantitative estimate of drug-likeness (QED) is 0.727. The second-order valence-electron chi connectivity index (χ2n) is 3.36. The number of nitrogens with one attached hydrogen (secondary N) is 2. The summed E-state index contributed by atoms with van der Waals surface area (Å²) in [6.45, 7) is 0.469. The van der Waals surface area contributed by atoms with Crippen LogP contribution < -0.4 is 9.44 Å². The summed E-state index contributed by atoms with van der Waals surface area (Å²) in [4.78, 5) is 0. The van der Waals surface area contributed by atoms with Crippen LogP contribution >= 0.6 is 0 Å². The highest BCUT2D eigenvalue weighted by Gasteiger charge is 2.25. The Morgan fingerprint density at radius 3 is 2.57 bits per heavy atom. The minimum Gasteiger partial charge on any atom is -0.201 e. The average Bonchev–Trinajstić information content (AvgIpc) is 2.47. The lowest BCUT2D eigenvalue weighted by Gasteiger charge is -2.06. The Labute approximate surface area is 83.5 Å². The Balaban J connectivity index is 2.01. The molecule has 1 saturated heterocycles. The first-order valence-corrected chi connectivity index (χ1v) is 5.95. The SMILES string of the molecule is O=S1(=O)NCC(Cc2ccccc2)N1. The van der Waals surface area contributed by atoms with Gasteiger partial charge in [0.15, 0.2) is 0 Å². The van der Waals surface area contributed by atoms with E-state index in [2.05, 4.69) is 9.44 Å². The highest BCUT2D eigenvalue weighted by Crippen LogP contribution is 2.06. The summed E-state index contributed by atoms with van der Waals surface area (Å²) >= 11 is 0. The third kappa shape index (κ3) is 2.31. The van der Waals surface area contributed by atoms with Crippen LogP contribution in [0.1, 0.15) is 5.56 Å². The van der Waals surface area contributed by atoms with E-state index in [1.807, 2.05) is 30.3 Å². The molecule has 1 heterocycles. The standard InChI is InChI=1S/C9H12N2O2S/c12-14(13)10-7-9(11-14)6-8-4-2-1-3-5-8/h1-5,9-11H,6-7H2. The van der Waals surface area contributed by atoms with Gasteiger partial charge in [-0.1, -0.05) is 30.3 Å². The Bertz CT molecular complexity index is 402. The van der Waals surface area contributed by atoms with Gasteiger partial charge < -0.3 is 0 Å². The lowest BCUT2D eigenvalue weighted by molar-refractivity contribution is 0.581. The van der Waals surface area contributed by atoms with Crippen molar-refractivity contribution in [1.82, 2.24) is 9.44 Å². The van der Waals surface area contributed by atoms with Crippen LogP contribution in [0, 0.1) is 0 Å². The van der Waals surface area contributed by atoms with Crippen LogP contribution in [0.2, 0.25) is 0 Å². The zero-order chi connectivity index (χ0) is 10.0. The molecule has 0 saturated carbocycles. The summed E-state index contributed by atoms with van der Waals surface area (Å²) < 4.78 is 27.0. The predicted octanol–water partition coefficient (Wildman–Crippen LogP) is 0.0353. The Hall–Kier alpha value is -0.910.